The minimum absolute atomic E-state index is 1.04. The number of nitrogens with one attached hydrogen (secondary N) is 2. The van der Waals surface area contributed by atoms with Crippen molar-refractivity contribution >= 4 is 0 Å². The summed E-state index contributed by atoms with van der Waals surface area (Å²) in [4.78, 5) is 2.53. The molecule has 0 amide bonds. The van der Waals surface area contributed by atoms with Crippen molar-refractivity contribution in [2.45, 2.75) is 19.6 Å². The zero-order valence-corrected chi connectivity index (χ0v) is 9.63. The summed E-state index contributed by atoms with van der Waals surface area (Å²) in [5, 5.41) is 6.79. The molecule has 0 aliphatic carbocycles. The molecule has 2 aliphatic heterocycles. The number of hydrogen-bond donors (Lipinski definition) is 2. The molecule has 86 valence electrons. The Balaban J connectivity index is 1.69. The van der Waals surface area contributed by atoms with Crippen molar-refractivity contribution in [3.8, 4) is 0 Å². The van der Waals surface area contributed by atoms with Crippen molar-refractivity contribution < 1.29 is 0 Å². The Labute approximate surface area is 96.8 Å². The van der Waals surface area contributed by atoms with Crippen LogP contribution in [0.4, 0.5) is 0 Å². The molecule has 2 heterocycles. The van der Waals surface area contributed by atoms with E-state index in [1.807, 2.05) is 0 Å². The Bertz CT molecular complexity index is 369. The topological polar surface area (TPSA) is 27.3 Å². The van der Waals surface area contributed by atoms with Crippen LogP contribution in [0.2, 0.25) is 0 Å². The van der Waals surface area contributed by atoms with E-state index in [1.165, 1.54) is 29.8 Å². The maximum absolute atomic E-state index is 3.39. The Morgan fingerprint density at radius 2 is 1.81 bits per heavy atom. The third kappa shape index (κ3) is 2.12. The molecule has 0 bridgehead atoms. The number of piperazine rings is 1. The monoisotopic (exact) mass is 217 g/mol. The number of nitrogens with zero attached hydrogens (tertiary/aromatic N) is 1. The molecule has 0 aromatic heterocycles. The van der Waals surface area contributed by atoms with Gasteiger partial charge in [-0.1, -0.05) is 18.2 Å². The smallest absolute Gasteiger partial charge is 0.0234 e. The van der Waals surface area contributed by atoms with Crippen molar-refractivity contribution in [2.24, 2.45) is 0 Å². The van der Waals surface area contributed by atoms with E-state index >= 15 is 0 Å². The van der Waals surface area contributed by atoms with Crippen LogP contribution in [0.1, 0.15) is 16.7 Å². The van der Waals surface area contributed by atoms with Crippen LogP contribution in [0.15, 0.2) is 18.2 Å². The highest BCUT2D eigenvalue weighted by atomic mass is 15.2. The van der Waals surface area contributed by atoms with Crippen molar-refractivity contribution in [3.63, 3.8) is 0 Å². The predicted octanol–water partition coefficient (Wildman–Crippen LogP) is 0.695. The summed E-state index contributed by atoms with van der Waals surface area (Å²) in [6, 6.07) is 6.94. The van der Waals surface area contributed by atoms with Gasteiger partial charge in [-0.2, -0.15) is 0 Å². The number of hydrogen-bond acceptors (Lipinski definition) is 3. The maximum Gasteiger partial charge on any atom is 0.0234 e. The summed E-state index contributed by atoms with van der Waals surface area (Å²) in [6.45, 7) is 7.81. The van der Waals surface area contributed by atoms with Crippen molar-refractivity contribution in [1.82, 2.24) is 15.5 Å². The molecule has 0 spiro atoms. The van der Waals surface area contributed by atoms with Gasteiger partial charge in [-0.25, -0.2) is 0 Å². The van der Waals surface area contributed by atoms with E-state index in [0.29, 0.717) is 0 Å². The molecular weight excluding hydrogens is 198 g/mol. The molecule has 1 aromatic carbocycles. The van der Waals surface area contributed by atoms with Gasteiger partial charge in [-0.15, -0.1) is 0 Å². The van der Waals surface area contributed by atoms with E-state index in [1.54, 1.807) is 0 Å². The standard InChI is InChI=1S/C13H19N3/c1-2-12-8-15-9-13(12)7-11(1)10-16-5-3-14-4-6-16/h1-2,7,14-15H,3-6,8-10H2. The predicted molar refractivity (Wildman–Crippen MR) is 65.1 cm³/mol. The van der Waals surface area contributed by atoms with Crippen LogP contribution >= 0.6 is 0 Å². The average molecular weight is 217 g/mol. The summed E-state index contributed by atoms with van der Waals surface area (Å²) in [5.74, 6) is 0. The highest BCUT2D eigenvalue weighted by Gasteiger charge is 2.13. The van der Waals surface area contributed by atoms with Crippen LogP contribution in [0.25, 0.3) is 0 Å². The van der Waals surface area contributed by atoms with Gasteiger partial charge >= 0.3 is 0 Å². The van der Waals surface area contributed by atoms with Crippen molar-refractivity contribution in [1.29, 1.82) is 0 Å². The fourth-order valence-corrected chi connectivity index (χ4v) is 2.57. The van der Waals surface area contributed by atoms with Gasteiger partial charge in [-0.05, 0) is 16.7 Å². The first-order valence-corrected chi connectivity index (χ1v) is 6.16. The fourth-order valence-electron chi connectivity index (χ4n) is 2.57. The summed E-state index contributed by atoms with van der Waals surface area (Å²) in [7, 11) is 0. The number of fused-ring (bicyclic) bond motifs is 1. The van der Waals surface area contributed by atoms with Gasteiger partial charge < -0.3 is 10.6 Å². The lowest BCUT2D eigenvalue weighted by Gasteiger charge is -2.27. The van der Waals surface area contributed by atoms with Crippen LogP contribution < -0.4 is 10.6 Å². The molecule has 2 N–H and O–H groups in total. The molecule has 1 aromatic rings. The third-order valence-corrected chi connectivity index (χ3v) is 3.52. The van der Waals surface area contributed by atoms with Gasteiger partial charge in [0.25, 0.3) is 0 Å². The molecule has 3 rings (SSSR count). The Hall–Kier alpha value is -0.900. The van der Waals surface area contributed by atoms with E-state index < -0.39 is 0 Å². The van der Waals surface area contributed by atoms with Crippen molar-refractivity contribution in [3.05, 3.63) is 34.9 Å². The molecule has 0 radical (unpaired) electrons. The van der Waals surface area contributed by atoms with E-state index in [2.05, 4.69) is 33.7 Å². The summed E-state index contributed by atoms with van der Waals surface area (Å²) in [5.41, 5.74) is 4.43. The highest BCUT2D eigenvalue weighted by Crippen LogP contribution is 2.18. The van der Waals surface area contributed by atoms with Gasteiger partial charge in [0.2, 0.25) is 0 Å². The number of benzene rings is 1. The lowest BCUT2D eigenvalue weighted by Crippen LogP contribution is -2.42. The van der Waals surface area contributed by atoms with Crippen molar-refractivity contribution in [2.75, 3.05) is 26.2 Å². The Morgan fingerprint density at radius 1 is 1.00 bits per heavy atom. The minimum Gasteiger partial charge on any atom is -0.314 e. The van der Waals surface area contributed by atoms with Gasteiger partial charge in [0, 0.05) is 45.8 Å². The van der Waals surface area contributed by atoms with Crippen LogP contribution in [-0.2, 0) is 19.6 Å². The van der Waals surface area contributed by atoms with E-state index in [-0.39, 0.29) is 0 Å². The largest absolute Gasteiger partial charge is 0.314 e. The summed E-state index contributed by atoms with van der Waals surface area (Å²) in [6.07, 6.45) is 0. The second-order valence-corrected chi connectivity index (χ2v) is 4.73. The molecule has 0 atom stereocenters. The first-order chi connectivity index (χ1) is 7.92. The van der Waals surface area contributed by atoms with E-state index in [0.717, 1.165) is 32.7 Å². The van der Waals surface area contributed by atoms with Gasteiger partial charge in [0.05, 0.1) is 0 Å². The molecular formula is C13H19N3. The van der Waals surface area contributed by atoms with Crippen LogP contribution in [0.5, 0.6) is 0 Å². The maximum atomic E-state index is 3.39. The molecule has 0 unspecified atom stereocenters. The van der Waals surface area contributed by atoms with Crippen LogP contribution in [0.3, 0.4) is 0 Å². The molecule has 3 nitrogen and oxygen atoms in total. The van der Waals surface area contributed by atoms with Crippen LogP contribution in [-0.4, -0.2) is 31.1 Å². The quantitative estimate of drug-likeness (QED) is 0.763. The lowest BCUT2D eigenvalue weighted by molar-refractivity contribution is 0.233. The lowest BCUT2D eigenvalue weighted by atomic mass is 10.1. The Morgan fingerprint density at radius 3 is 2.69 bits per heavy atom. The fraction of sp³-hybridized carbons (Fsp3) is 0.538. The van der Waals surface area contributed by atoms with E-state index in [4.69, 9.17) is 0 Å². The number of rotatable bonds is 2. The third-order valence-electron chi connectivity index (χ3n) is 3.52. The second kappa shape index (κ2) is 4.53. The minimum atomic E-state index is 1.04. The van der Waals surface area contributed by atoms with E-state index in [9.17, 15) is 0 Å². The van der Waals surface area contributed by atoms with Gasteiger partial charge in [-0.3, -0.25) is 4.90 Å². The molecule has 0 saturated carbocycles. The normalized spacial score (nSPS) is 21.0. The van der Waals surface area contributed by atoms with Gasteiger partial charge in [0.15, 0.2) is 0 Å². The summed E-state index contributed by atoms with van der Waals surface area (Å²) >= 11 is 0. The Kier molecular flexibility index (Phi) is 2.91. The average Bonchev–Trinajstić information content (AvgIpc) is 2.77. The molecule has 1 saturated heterocycles. The zero-order chi connectivity index (χ0) is 10.8. The first-order valence-electron chi connectivity index (χ1n) is 6.16. The van der Waals surface area contributed by atoms with Gasteiger partial charge in [0.1, 0.15) is 0 Å². The molecule has 2 aliphatic rings. The van der Waals surface area contributed by atoms with Crippen LogP contribution in [0, 0.1) is 0 Å². The molecule has 3 heteroatoms. The molecule has 16 heavy (non-hydrogen) atoms. The second-order valence-electron chi connectivity index (χ2n) is 4.73. The highest BCUT2D eigenvalue weighted by molar-refractivity contribution is 5.34. The first kappa shape index (κ1) is 10.3. The zero-order valence-electron chi connectivity index (χ0n) is 9.63. The molecule has 1 fully saturated rings. The summed E-state index contributed by atoms with van der Waals surface area (Å²) < 4.78 is 0. The SMILES string of the molecule is c1cc2c(cc1CN1CCNCC1)CNC2.